The van der Waals surface area contributed by atoms with E-state index in [1.807, 2.05) is 48.7 Å². The highest BCUT2D eigenvalue weighted by molar-refractivity contribution is 5.83. The highest BCUT2D eigenvalue weighted by atomic mass is 16.5. The van der Waals surface area contributed by atoms with E-state index in [1.54, 1.807) is 0 Å². The summed E-state index contributed by atoms with van der Waals surface area (Å²) in [6.45, 7) is 3.32. The van der Waals surface area contributed by atoms with Crippen molar-refractivity contribution in [3.8, 4) is 17.1 Å². The van der Waals surface area contributed by atoms with E-state index >= 15 is 0 Å². The van der Waals surface area contributed by atoms with Crippen LogP contribution in [0, 0.1) is 0 Å². The monoisotopic (exact) mass is 404 g/mol. The van der Waals surface area contributed by atoms with E-state index in [0.29, 0.717) is 19.0 Å². The molecule has 0 aliphatic carbocycles. The maximum absolute atomic E-state index is 12.2. The standard InChI is InChI=1S/C22H24N6O2/c1-2-13-30-18-9-7-16(8-10-18)22-25-27-28(26-22)15-21(29)23-12-11-17-14-24-20-6-4-3-5-19(17)20/h3-10,14,24H,2,11-13,15H2,1H3,(H,23,29). The second-order valence-electron chi connectivity index (χ2n) is 6.98. The molecule has 0 aliphatic rings. The third-order valence-electron chi connectivity index (χ3n) is 4.71. The minimum Gasteiger partial charge on any atom is -0.494 e. The van der Waals surface area contributed by atoms with Crippen LogP contribution in [0.2, 0.25) is 0 Å². The lowest BCUT2D eigenvalue weighted by molar-refractivity contribution is -0.122. The molecule has 1 amide bonds. The molecule has 0 saturated carbocycles. The molecule has 0 saturated heterocycles. The van der Waals surface area contributed by atoms with Crippen molar-refractivity contribution in [2.24, 2.45) is 0 Å². The topological polar surface area (TPSA) is 97.7 Å². The van der Waals surface area contributed by atoms with Gasteiger partial charge in [-0.1, -0.05) is 25.1 Å². The number of carbonyl (C=O) groups excluding carboxylic acids is 1. The van der Waals surface area contributed by atoms with Crippen LogP contribution in [0.5, 0.6) is 5.75 Å². The molecule has 2 aromatic carbocycles. The van der Waals surface area contributed by atoms with E-state index in [0.717, 1.165) is 29.7 Å². The number of fused-ring (bicyclic) bond motifs is 1. The number of carbonyl (C=O) groups is 1. The van der Waals surface area contributed by atoms with Gasteiger partial charge in [-0.15, -0.1) is 10.2 Å². The smallest absolute Gasteiger partial charge is 0.243 e. The number of para-hydroxylation sites is 1. The highest BCUT2D eigenvalue weighted by Crippen LogP contribution is 2.19. The predicted molar refractivity (Wildman–Crippen MR) is 114 cm³/mol. The van der Waals surface area contributed by atoms with E-state index in [2.05, 4.69) is 38.7 Å². The Morgan fingerprint density at radius 2 is 2.00 bits per heavy atom. The van der Waals surface area contributed by atoms with Gasteiger partial charge in [0.25, 0.3) is 0 Å². The lowest BCUT2D eigenvalue weighted by Gasteiger charge is -2.04. The first-order valence-electron chi connectivity index (χ1n) is 10.1. The molecule has 2 aromatic heterocycles. The number of H-pyrrole nitrogens is 1. The predicted octanol–water partition coefficient (Wildman–Crippen LogP) is 2.97. The molecule has 0 atom stereocenters. The van der Waals surface area contributed by atoms with Crippen LogP contribution >= 0.6 is 0 Å². The molecule has 0 fully saturated rings. The molecule has 0 aliphatic heterocycles. The third-order valence-corrected chi connectivity index (χ3v) is 4.71. The Hall–Kier alpha value is -3.68. The van der Waals surface area contributed by atoms with E-state index < -0.39 is 0 Å². The molecule has 0 unspecified atom stereocenters. The number of benzene rings is 2. The summed E-state index contributed by atoms with van der Waals surface area (Å²) in [7, 11) is 0. The zero-order chi connectivity index (χ0) is 20.8. The average Bonchev–Trinajstić information content (AvgIpc) is 3.40. The molecule has 0 spiro atoms. The number of ether oxygens (including phenoxy) is 1. The van der Waals surface area contributed by atoms with Crippen molar-refractivity contribution in [1.82, 2.24) is 30.5 Å². The quantitative estimate of drug-likeness (QED) is 0.447. The summed E-state index contributed by atoms with van der Waals surface area (Å²) in [5.74, 6) is 1.13. The molecule has 2 N–H and O–H groups in total. The van der Waals surface area contributed by atoms with Gasteiger partial charge >= 0.3 is 0 Å². The van der Waals surface area contributed by atoms with Crippen molar-refractivity contribution in [1.29, 1.82) is 0 Å². The van der Waals surface area contributed by atoms with Gasteiger partial charge in [-0.2, -0.15) is 4.80 Å². The first kappa shape index (κ1) is 19.6. The fraction of sp³-hybridized carbons (Fsp3) is 0.273. The Labute approximate surface area is 174 Å². The molecule has 154 valence electrons. The zero-order valence-electron chi connectivity index (χ0n) is 16.8. The highest BCUT2D eigenvalue weighted by Gasteiger charge is 2.10. The molecular formula is C22H24N6O2. The number of amides is 1. The minimum absolute atomic E-state index is 0.0264. The SMILES string of the molecule is CCCOc1ccc(-c2nnn(CC(=O)NCCc3c[nH]c4ccccc34)n2)cc1. The van der Waals surface area contributed by atoms with Crippen LogP contribution in [0.1, 0.15) is 18.9 Å². The van der Waals surface area contributed by atoms with Gasteiger partial charge in [0.05, 0.1) is 6.61 Å². The summed E-state index contributed by atoms with van der Waals surface area (Å²) in [6, 6.07) is 15.6. The van der Waals surface area contributed by atoms with Crippen molar-refractivity contribution < 1.29 is 9.53 Å². The van der Waals surface area contributed by atoms with Crippen molar-refractivity contribution in [3.05, 3.63) is 60.3 Å². The Balaban J connectivity index is 1.28. The van der Waals surface area contributed by atoms with Gasteiger partial charge in [0.2, 0.25) is 11.7 Å². The van der Waals surface area contributed by atoms with Crippen LogP contribution in [-0.2, 0) is 17.8 Å². The van der Waals surface area contributed by atoms with Gasteiger partial charge in [0.1, 0.15) is 12.3 Å². The molecule has 4 aromatic rings. The molecule has 4 rings (SSSR count). The van der Waals surface area contributed by atoms with Crippen LogP contribution in [-0.4, -0.2) is 44.3 Å². The number of rotatable bonds is 9. The summed E-state index contributed by atoms with van der Waals surface area (Å²) >= 11 is 0. The maximum atomic E-state index is 12.2. The first-order valence-corrected chi connectivity index (χ1v) is 10.1. The Morgan fingerprint density at radius 3 is 2.83 bits per heavy atom. The van der Waals surface area contributed by atoms with Gasteiger partial charge in [-0.25, -0.2) is 0 Å². The van der Waals surface area contributed by atoms with Crippen LogP contribution in [0.25, 0.3) is 22.3 Å². The number of tetrazole rings is 1. The van der Waals surface area contributed by atoms with Crippen molar-refractivity contribution in [3.63, 3.8) is 0 Å². The van der Waals surface area contributed by atoms with E-state index in [4.69, 9.17) is 4.74 Å². The van der Waals surface area contributed by atoms with Crippen LogP contribution in [0.3, 0.4) is 0 Å². The minimum atomic E-state index is -0.151. The largest absolute Gasteiger partial charge is 0.494 e. The number of hydrogen-bond acceptors (Lipinski definition) is 5. The molecule has 30 heavy (non-hydrogen) atoms. The fourth-order valence-electron chi connectivity index (χ4n) is 3.21. The summed E-state index contributed by atoms with van der Waals surface area (Å²) < 4.78 is 5.58. The van der Waals surface area contributed by atoms with Crippen LogP contribution < -0.4 is 10.1 Å². The second-order valence-corrected chi connectivity index (χ2v) is 6.98. The number of nitrogens with one attached hydrogen (secondary N) is 2. The molecule has 0 radical (unpaired) electrons. The summed E-state index contributed by atoms with van der Waals surface area (Å²) in [5, 5.41) is 16.4. The van der Waals surface area contributed by atoms with Gasteiger partial charge in [0.15, 0.2) is 0 Å². The normalized spacial score (nSPS) is 11.0. The summed E-state index contributed by atoms with van der Waals surface area (Å²) in [5.41, 5.74) is 3.10. The van der Waals surface area contributed by atoms with Gasteiger partial charge < -0.3 is 15.0 Å². The van der Waals surface area contributed by atoms with Gasteiger partial charge in [0, 0.05) is 29.2 Å². The van der Waals surface area contributed by atoms with Crippen molar-refractivity contribution in [2.75, 3.05) is 13.2 Å². The summed E-state index contributed by atoms with van der Waals surface area (Å²) in [6.07, 6.45) is 3.69. The molecule has 8 nitrogen and oxygen atoms in total. The summed E-state index contributed by atoms with van der Waals surface area (Å²) in [4.78, 5) is 16.8. The van der Waals surface area contributed by atoms with Crippen molar-refractivity contribution >= 4 is 16.8 Å². The number of nitrogens with zero attached hydrogens (tertiary/aromatic N) is 4. The fourth-order valence-corrected chi connectivity index (χ4v) is 3.21. The molecule has 2 heterocycles. The van der Waals surface area contributed by atoms with E-state index in [1.165, 1.54) is 15.7 Å². The maximum Gasteiger partial charge on any atom is 0.243 e. The Bertz CT molecular complexity index is 1120. The van der Waals surface area contributed by atoms with E-state index in [-0.39, 0.29) is 12.5 Å². The molecule has 8 heteroatoms. The van der Waals surface area contributed by atoms with Gasteiger partial charge in [-0.05, 0) is 54.0 Å². The number of aromatic amines is 1. The van der Waals surface area contributed by atoms with Crippen molar-refractivity contribution in [2.45, 2.75) is 26.3 Å². The van der Waals surface area contributed by atoms with E-state index in [9.17, 15) is 4.79 Å². The third kappa shape index (κ3) is 4.65. The Kier molecular flexibility index (Phi) is 6.03. The number of aromatic nitrogens is 5. The van der Waals surface area contributed by atoms with Crippen LogP contribution in [0.15, 0.2) is 54.7 Å². The Morgan fingerprint density at radius 1 is 1.17 bits per heavy atom. The van der Waals surface area contributed by atoms with Crippen LogP contribution in [0.4, 0.5) is 0 Å². The average molecular weight is 404 g/mol. The lowest BCUT2D eigenvalue weighted by atomic mass is 10.1. The second kappa shape index (κ2) is 9.21. The molecule has 0 bridgehead atoms. The number of hydrogen-bond donors (Lipinski definition) is 2. The zero-order valence-corrected chi connectivity index (χ0v) is 16.8. The lowest BCUT2D eigenvalue weighted by Crippen LogP contribution is -2.30. The van der Waals surface area contributed by atoms with Gasteiger partial charge in [-0.3, -0.25) is 4.79 Å². The first-order chi connectivity index (χ1) is 14.7. The molecular weight excluding hydrogens is 380 g/mol.